The Balaban J connectivity index is 4.55. The van der Waals surface area contributed by atoms with Crippen LogP contribution in [0.3, 0.4) is 0 Å². The molecule has 4 heteroatoms. The van der Waals surface area contributed by atoms with Gasteiger partial charge in [-0.15, -0.1) is 0 Å². The fraction of sp³-hybridized carbons (Fsp3) is 0.923. The number of hydrogen-bond acceptors (Lipinski definition) is 4. The van der Waals surface area contributed by atoms with E-state index in [0.717, 1.165) is 13.0 Å². The van der Waals surface area contributed by atoms with E-state index in [4.69, 9.17) is 9.47 Å². The molecule has 0 bridgehead atoms. The van der Waals surface area contributed by atoms with Crippen molar-refractivity contribution in [2.75, 3.05) is 33.9 Å². The minimum atomic E-state index is -0.480. The highest BCUT2D eigenvalue weighted by Crippen LogP contribution is 2.20. The first-order valence-electron chi connectivity index (χ1n) is 6.20. The van der Waals surface area contributed by atoms with Crippen LogP contribution in [0.15, 0.2) is 0 Å². The zero-order chi connectivity index (χ0) is 13.5. The highest BCUT2D eigenvalue weighted by Gasteiger charge is 2.32. The van der Waals surface area contributed by atoms with E-state index in [0.29, 0.717) is 19.2 Å². The highest BCUT2D eigenvalue weighted by molar-refractivity contribution is 5.76. The maximum atomic E-state index is 11.7. The third-order valence-corrected chi connectivity index (χ3v) is 3.13. The normalized spacial score (nSPS) is 13.8. The number of rotatable bonds is 8. The van der Waals surface area contributed by atoms with E-state index in [2.05, 4.69) is 18.7 Å². The van der Waals surface area contributed by atoms with Gasteiger partial charge < -0.3 is 9.47 Å². The molecular weight excluding hydrogens is 218 g/mol. The molecule has 0 aliphatic carbocycles. The van der Waals surface area contributed by atoms with E-state index >= 15 is 0 Å². The quantitative estimate of drug-likeness (QED) is 0.613. The lowest BCUT2D eigenvalue weighted by atomic mass is 9.92. The predicted molar refractivity (Wildman–Crippen MR) is 69.0 cm³/mol. The maximum Gasteiger partial charge on any atom is 0.312 e. The van der Waals surface area contributed by atoms with E-state index < -0.39 is 5.41 Å². The number of nitrogens with zero attached hydrogens (tertiary/aromatic N) is 1. The number of hydrogen-bond donors (Lipinski definition) is 0. The van der Waals surface area contributed by atoms with Crippen LogP contribution in [0.2, 0.25) is 0 Å². The van der Waals surface area contributed by atoms with Gasteiger partial charge in [0.25, 0.3) is 0 Å². The van der Waals surface area contributed by atoms with Gasteiger partial charge in [0.05, 0.1) is 19.1 Å². The standard InChI is InChI=1S/C13H27NO3/c1-7-11(2)14(8-9-16-5)10-13(3,4)12(15)17-6/h11H,7-10H2,1-6H3. The van der Waals surface area contributed by atoms with E-state index in [1.807, 2.05) is 13.8 Å². The number of methoxy groups -OCH3 is 2. The van der Waals surface area contributed by atoms with Gasteiger partial charge in [-0.3, -0.25) is 9.69 Å². The van der Waals surface area contributed by atoms with Crippen LogP contribution in [0.5, 0.6) is 0 Å². The highest BCUT2D eigenvalue weighted by atomic mass is 16.5. The van der Waals surface area contributed by atoms with Crippen molar-refractivity contribution in [3.05, 3.63) is 0 Å². The number of carbonyl (C=O) groups is 1. The zero-order valence-corrected chi connectivity index (χ0v) is 12.1. The van der Waals surface area contributed by atoms with Gasteiger partial charge in [0, 0.05) is 26.2 Å². The average Bonchev–Trinajstić information content (AvgIpc) is 2.32. The van der Waals surface area contributed by atoms with Crippen LogP contribution < -0.4 is 0 Å². The summed E-state index contributed by atoms with van der Waals surface area (Å²) in [6, 6.07) is 0.439. The largest absolute Gasteiger partial charge is 0.469 e. The van der Waals surface area contributed by atoms with Crippen LogP contribution in [0.1, 0.15) is 34.1 Å². The molecule has 0 saturated heterocycles. The molecule has 1 atom stereocenters. The number of esters is 1. The fourth-order valence-electron chi connectivity index (χ4n) is 1.77. The van der Waals surface area contributed by atoms with E-state index in [9.17, 15) is 4.79 Å². The van der Waals surface area contributed by atoms with Crippen molar-refractivity contribution in [2.45, 2.75) is 40.2 Å². The fourth-order valence-corrected chi connectivity index (χ4v) is 1.77. The molecule has 1 unspecified atom stereocenters. The van der Waals surface area contributed by atoms with Crippen LogP contribution >= 0.6 is 0 Å². The molecule has 0 aliphatic heterocycles. The lowest BCUT2D eigenvalue weighted by molar-refractivity contribution is -0.152. The first-order chi connectivity index (χ1) is 7.88. The molecule has 0 aliphatic rings. The van der Waals surface area contributed by atoms with Gasteiger partial charge in [-0.25, -0.2) is 0 Å². The summed E-state index contributed by atoms with van der Waals surface area (Å²) in [6.45, 7) is 10.4. The van der Waals surface area contributed by atoms with Crippen LogP contribution in [0.4, 0.5) is 0 Å². The molecule has 0 aromatic carbocycles. The maximum absolute atomic E-state index is 11.7. The first-order valence-corrected chi connectivity index (χ1v) is 6.20. The third kappa shape index (κ3) is 5.50. The lowest BCUT2D eigenvalue weighted by Gasteiger charge is -2.34. The summed E-state index contributed by atoms with van der Waals surface area (Å²) in [5.74, 6) is -0.164. The lowest BCUT2D eigenvalue weighted by Crippen LogP contribution is -2.45. The van der Waals surface area contributed by atoms with Gasteiger partial charge in [0.15, 0.2) is 0 Å². The van der Waals surface area contributed by atoms with Crippen LogP contribution in [0.25, 0.3) is 0 Å². The Morgan fingerprint density at radius 3 is 2.35 bits per heavy atom. The first kappa shape index (κ1) is 16.4. The monoisotopic (exact) mass is 245 g/mol. The molecule has 0 aromatic heterocycles. The summed E-state index contributed by atoms with van der Waals surface area (Å²) < 4.78 is 9.95. The predicted octanol–water partition coefficient (Wildman–Crippen LogP) is 1.93. The molecule has 0 amide bonds. The van der Waals surface area contributed by atoms with Gasteiger partial charge in [-0.2, -0.15) is 0 Å². The molecule has 0 saturated carbocycles. The Morgan fingerprint density at radius 1 is 1.35 bits per heavy atom. The zero-order valence-electron chi connectivity index (χ0n) is 12.1. The Labute approximate surface area is 105 Å². The Hall–Kier alpha value is -0.610. The SMILES string of the molecule is CCC(C)N(CCOC)CC(C)(C)C(=O)OC. The molecule has 0 rings (SSSR count). The summed E-state index contributed by atoms with van der Waals surface area (Å²) in [5, 5.41) is 0. The molecule has 0 radical (unpaired) electrons. The minimum absolute atomic E-state index is 0.164. The molecule has 0 aromatic rings. The van der Waals surface area contributed by atoms with Crippen molar-refractivity contribution in [1.29, 1.82) is 0 Å². The molecule has 0 N–H and O–H groups in total. The number of ether oxygens (including phenoxy) is 2. The van der Waals surface area contributed by atoms with Crippen molar-refractivity contribution in [3.8, 4) is 0 Å². The van der Waals surface area contributed by atoms with Gasteiger partial charge in [0.1, 0.15) is 0 Å². The Kier molecular flexibility index (Phi) is 7.39. The van der Waals surface area contributed by atoms with Crippen LogP contribution in [-0.4, -0.2) is 50.8 Å². The van der Waals surface area contributed by atoms with Crippen molar-refractivity contribution in [1.82, 2.24) is 4.90 Å². The second-order valence-corrected chi connectivity index (χ2v) is 5.10. The van der Waals surface area contributed by atoms with Gasteiger partial charge in [-0.05, 0) is 27.2 Å². The average molecular weight is 245 g/mol. The second-order valence-electron chi connectivity index (χ2n) is 5.10. The molecule has 0 fully saturated rings. The van der Waals surface area contributed by atoms with Crippen LogP contribution in [0, 0.1) is 5.41 Å². The van der Waals surface area contributed by atoms with Crippen LogP contribution in [-0.2, 0) is 14.3 Å². The summed E-state index contributed by atoms with van der Waals surface area (Å²) in [4.78, 5) is 14.0. The van der Waals surface area contributed by atoms with Crippen molar-refractivity contribution in [2.24, 2.45) is 5.41 Å². The van der Waals surface area contributed by atoms with Crippen molar-refractivity contribution < 1.29 is 14.3 Å². The van der Waals surface area contributed by atoms with E-state index in [1.54, 1.807) is 7.11 Å². The molecule has 0 spiro atoms. The summed E-state index contributed by atoms with van der Waals surface area (Å²) in [5.41, 5.74) is -0.480. The van der Waals surface area contributed by atoms with Gasteiger partial charge in [-0.1, -0.05) is 6.92 Å². The molecule has 4 nitrogen and oxygen atoms in total. The summed E-state index contributed by atoms with van der Waals surface area (Å²) in [7, 11) is 3.13. The molecule has 17 heavy (non-hydrogen) atoms. The Bertz CT molecular complexity index is 229. The van der Waals surface area contributed by atoms with Crippen molar-refractivity contribution >= 4 is 5.97 Å². The van der Waals surface area contributed by atoms with Gasteiger partial charge in [0.2, 0.25) is 0 Å². The van der Waals surface area contributed by atoms with Gasteiger partial charge >= 0.3 is 5.97 Å². The Morgan fingerprint density at radius 2 is 1.94 bits per heavy atom. The van der Waals surface area contributed by atoms with E-state index in [1.165, 1.54) is 7.11 Å². The van der Waals surface area contributed by atoms with E-state index in [-0.39, 0.29) is 5.97 Å². The smallest absolute Gasteiger partial charge is 0.312 e. The summed E-state index contributed by atoms with van der Waals surface area (Å²) >= 11 is 0. The molecule has 102 valence electrons. The summed E-state index contributed by atoms with van der Waals surface area (Å²) in [6.07, 6.45) is 1.06. The van der Waals surface area contributed by atoms with Crippen molar-refractivity contribution in [3.63, 3.8) is 0 Å². The molecular formula is C13H27NO3. The number of carbonyl (C=O) groups excluding carboxylic acids is 1. The molecule has 0 heterocycles. The third-order valence-electron chi connectivity index (χ3n) is 3.13. The second kappa shape index (κ2) is 7.67. The minimum Gasteiger partial charge on any atom is -0.469 e. The topological polar surface area (TPSA) is 38.8 Å².